The highest BCUT2D eigenvalue weighted by molar-refractivity contribution is 6.39. The first-order valence-electron chi connectivity index (χ1n) is 16.7. The number of alkyl halides is 3. The second-order valence-electron chi connectivity index (χ2n) is 13.7. The molecule has 1 spiro atoms. The van der Waals surface area contributed by atoms with Crippen LogP contribution in [0, 0.1) is 5.41 Å². The maximum atomic E-state index is 13.1. The molecule has 2 aromatic heterocycles. The van der Waals surface area contributed by atoms with Crippen molar-refractivity contribution in [1.82, 2.24) is 35.5 Å². The minimum Gasteiger partial charge on any atom is -0.480 e. The zero-order valence-corrected chi connectivity index (χ0v) is 29.9. The SMILES string of the molecule is COc1nc(-c2cccc(-c3cccc(-c4cnc(CN5CC6(C5)CC(O)(C(F)(F)F)C6)c(OC)n4)c3Cl)c2Cl)cnc1CNCC1CCC(=O)N1. The highest BCUT2D eigenvalue weighted by atomic mass is 35.5. The molecular formula is C36H36Cl2F3N7O4. The van der Waals surface area contributed by atoms with Crippen LogP contribution in [-0.4, -0.2) is 87.5 Å². The molecule has 274 valence electrons. The van der Waals surface area contributed by atoms with Crippen LogP contribution in [0.2, 0.25) is 10.0 Å². The Morgan fingerprint density at radius 2 is 1.46 bits per heavy atom. The number of carbonyl (C=O) groups is 1. The van der Waals surface area contributed by atoms with Gasteiger partial charge in [0.25, 0.3) is 0 Å². The van der Waals surface area contributed by atoms with Crippen LogP contribution in [0.3, 0.4) is 0 Å². The highest BCUT2D eigenvalue weighted by Gasteiger charge is 2.69. The van der Waals surface area contributed by atoms with E-state index < -0.39 is 17.2 Å². The Morgan fingerprint density at radius 3 is 1.98 bits per heavy atom. The van der Waals surface area contributed by atoms with Gasteiger partial charge in [0, 0.05) is 72.9 Å². The Kier molecular flexibility index (Phi) is 9.80. The van der Waals surface area contributed by atoms with E-state index in [1.165, 1.54) is 14.2 Å². The molecule has 1 unspecified atom stereocenters. The van der Waals surface area contributed by atoms with Crippen molar-refractivity contribution >= 4 is 29.1 Å². The van der Waals surface area contributed by atoms with E-state index in [4.69, 9.17) is 37.7 Å². The van der Waals surface area contributed by atoms with Gasteiger partial charge in [0.2, 0.25) is 17.7 Å². The fourth-order valence-electron chi connectivity index (χ4n) is 7.52. The van der Waals surface area contributed by atoms with E-state index in [0.717, 1.165) is 6.42 Å². The van der Waals surface area contributed by atoms with Gasteiger partial charge < -0.3 is 25.2 Å². The van der Waals surface area contributed by atoms with Crippen molar-refractivity contribution in [2.45, 2.75) is 56.6 Å². The topological polar surface area (TPSA) is 135 Å². The van der Waals surface area contributed by atoms with Crippen molar-refractivity contribution in [3.05, 3.63) is 70.2 Å². The number of aliphatic hydroxyl groups is 1. The van der Waals surface area contributed by atoms with Crippen molar-refractivity contribution < 1.29 is 32.5 Å². The lowest BCUT2D eigenvalue weighted by molar-refractivity contribution is -0.332. The minimum absolute atomic E-state index is 0.0610. The van der Waals surface area contributed by atoms with E-state index >= 15 is 0 Å². The summed E-state index contributed by atoms with van der Waals surface area (Å²) in [6, 6.07) is 11.1. The van der Waals surface area contributed by atoms with E-state index in [9.17, 15) is 23.1 Å². The first-order valence-corrected chi connectivity index (χ1v) is 17.5. The predicted molar refractivity (Wildman–Crippen MR) is 188 cm³/mol. The van der Waals surface area contributed by atoms with Crippen LogP contribution in [0.4, 0.5) is 13.2 Å². The van der Waals surface area contributed by atoms with Crippen LogP contribution >= 0.6 is 23.2 Å². The number of likely N-dealkylation sites (tertiary alicyclic amines) is 1. The average molecular weight is 759 g/mol. The van der Waals surface area contributed by atoms with Gasteiger partial charge in [0.1, 0.15) is 11.4 Å². The average Bonchev–Trinajstić information content (AvgIpc) is 3.51. The molecule has 2 aliphatic heterocycles. The van der Waals surface area contributed by atoms with Gasteiger partial charge in [-0.25, -0.2) is 9.97 Å². The Bertz CT molecular complexity index is 2000. The number of halogens is 5. The molecular weight excluding hydrogens is 722 g/mol. The molecule has 4 heterocycles. The molecule has 52 heavy (non-hydrogen) atoms. The van der Waals surface area contributed by atoms with Crippen LogP contribution in [0.1, 0.15) is 37.1 Å². The third kappa shape index (κ3) is 6.90. The maximum absolute atomic E-state index is 13.1. The van der Waals surface area contributed by atoms with Gasteiger partial charge in [0.15, 0.2) is 5.60 Å². The predicted octanol–water partition coefficient (Wildman–Crippen LogP) is 5.85. The van der Waals surface area contributed by atoms with Crippen LogP contribution in [0.5, 0.6) is 11.8 Å². The number of nitrogens with one attached hydrogen (secondary N) is 2. The molecule has 0 radical (unpaired) electrons. The van der Waals surface area contributed by atoms with Crippen LogP contribution in [-0.2, 0) is 17.9 Å². The molecule has 3 aliphatic rings. The molecule has 1 atom stereocenters. The minimum atomic E-state index is -4.62. The third-order valence-electron chi connectivity index (χ3n) is 9.97. The summed E-state index contributed by atoms with van der Waals surface area (Å²) in [6.07, 6.45) is -0.661. The monoisotopic (exact) mass is 757 g/mol. The zero-order chi connectivity index (χ0) is 36.8. The summed E-state index contributed by atoms with van der Waals surface area (Å²) in [5.74, 6) is 0.686. The van der Waals surface area contributed by atoms with Crippen LogP contribution < -0.4 is 20.1 Å². The summed E-state index contributed by atoms with van der Waals surface area (Å²) in [7, 11) is 3.00. The molecule has 1 amide bonds. The standard InChI is InChI=1S/C36H36Cl2F3N7O4/c1-51-32-27(12-42-11-20-9-10-29(49)45-20)43-13-25(46-32)23-7-3-5-21(30(23)37)22-6-4-8-24(31(22)38)26-14-44-28(33(47-26)52-2)15-48-18-34(19-48)16-35(50,17-34)36(39,40)41/h3-8,13-14,20,42,50H,9-12,15-19H2,1-2H3,(H,45,49). The van der Waals surface area contributed by atoms with E-state index in [1.54, 1.807) is 12.4 Å². The largest absolute Gasteiger partial charge is 0.480 e. The molecule has 1 aliphatic carbocycles. The highest BCUT2D eigenvalue weighted by Crippen LogP contribution is 2.59. The lowest BCUT2D eigenvalue weighted by Crippen LogP contribution is -2.71. The van der Waals surface area contributed by atoms with Crippen molar-refractivity contribution in [2.24, 2.45) is 5.41 Å². The number of aromatic nitrogens is 4. The summed E-state index contributed by atoms with van der Waals surface area (Å²) < 4.78 is 50.6. The number of hydrogen-bond donors (Lipinski definition) is 3. The second kappa shape index (κ2) is 14.0. The third-order valence-corrected chi connectivity index (χ3v) is 10.8. The van der Waals surface area contributed by atoms with Crippen molar-refractivity contribution in [3.8, 4) is 45.4 Å². The molecule has 16 heteroatoms. The summed E-state index contributed by atoms with van der Waals surface area (Å²) in [6.45, 7) is 2.20. The summed E-state index contributed by atoms with van der Waals surface area (Å²) in [5, 5.41) is 16.9. The normalized spacial score (nSPS) is 19.2. The lowest BCUT2D eigenvalue weighted by atomic mass is 9.55. The number of carbonyl (C=O) groups excluding carboxylic acids is 1. The Hall–Kier alpha value is -4.08. The van der Waals surface area contributed by atoms with E-state index in [0.29, 0.717) is 100 Å². The van der Waals surface area contributed by atoms with Gasteiger partial charge in [-0.2, -0.15) is 13.2 Å². The smallest absolute Gasteiger partial charge is 0.417 e. The first kappa shape index (κ1) is 36.3. The van der Waals surface area contributed by atoms with Gasteiger partial charge in [0.05, 0.1) is 48.0 Å². The quantitative estimate of drug-likeness (QED) is 0.171. The number of rotatable bonds is 11. The van der Waals surface area contributed by atoms with E-state index in [2.05, 4.69) is 25.6 Å². The molecule has 2 saturated heterocycles. The first-order chi connectivity index (χ1) is 24.8. The fourth-order valence-corrected chi connectivity index (χ4v) is 8.17. The van der Waals surface area contributed by atoms with Crippen molar-refractivity contribution in [2.75, 3.05) is 33.9 Å². The molecule has 1 saturated carbocycles. The van der Waals surface area contributed by atoms with Crippen molar-refractivity contribution in [1.29, 1.82) is 0 Å². The van der Waals surface area contributed by atoms with Gasteiger partial charge in [-0.3, -0.25) is 19.7 Å². The number of hydrogen-bond acceptors (Lipinski definition) is 10. The Morgan fingerprint density at radius 1 is 0.923 bits per heavy atom. The van der Waals surface area contributed by atoms with Gasteiger partial charge in [-0.1, -0.05) is 59.6 Å². The van der Waals surface area contributed by atoms with Crippen LogP contribution in [0.25, 0.3) is 33.6 Å². The number of nitrogens with zero attached hydrogens (tertiary/aromatic N) is 5. The lowest BCUT2D eigenvalue weighted by Gasteiger charge is -2.62. The summed E-state index contributed by atoms with van der Waals surface area (Å²) in [4.78, 5) is 32.0. The number of amides is 1. The van der Waals surface area contributed by atoms with Gasteiger partial charge in [-0.15, -0.1) is 0 Å². The molecule has 3 N–H and O–H groups in total. The Labute approximate surface area is 307 Å². The number of methoxy groups -OCH3 is 2. The summed E-state index contributed by atoms with van der Waals surface area (Å²) >= 11 is 14.1. The van der Waals surface area contributed by atoms with E-state index in [1.807, 2.05) is 41.3 Å². The zero-order valence-electron chi connectivity index (χ0n) is 28.4. The summed E-state index contributed by atoms with van der Waals surface area (Å²) in [5.41, 5.74) is 1.53. The van der Waals surface area contributed by atoms with E-state index in [-0.39, 0.29) is 30.7 Å². The molecule has 2 aromatic carbocycles. The fraction of sp³-hybridized carbons (Fsp3) is 0.417. The van der Waals surface area contributed by atoms with Gasteiger partial charge >= 0.3 is 6.18 Å². The Balaban J connectivity index is 1.07. The molecule has 0 bridgehead atoms. The maximum Gasteiger partial charge on any atom is 0.417 e. The second-order valence-corrected chi connectivity index (χ2v) is 14.5. The van der Waals surface area contributed by atoms with Crippen LogP contribution in [0.15, 0.2) is 48.8 Å². The van der Waals surface area contributed by atoms with Gasteiger partial charge in [-0.05, 0) is 19.3 Å². The van der Waals surface area contributed by atoms with Crippen molar-refractivity contribution in [3.63, 3.8) is 0 Å². The number of benzene rings is 2. The molecule has 7 rings (SSSR count). The number of ether oxygens (including phenoxy) is 2. The molecule has 3 fully saturated rings. The molecule has 11 nitrogen and oxygen atoms in total. The molecule has 4 aromatic rings.